The summed E-state index contributed by atoms with van der Waals surface area (Å²) in [6.45, 7) is 0. The van der Waals surface area contributed by atoms with Gasteiger partial charge in [0.15, 0.2) is 0 Å². The first kappa shape index (κ1) is 11.8. The lowest BCUT2D eigenvalue weighted by atomic mass is 9.87. The Morgan fingerprint density at radius 2 is 2.11 bits per heavy atom. The Balaban J connectivity index is 1.50. The van der Waals surface area contributed by atoms with Crippen molar-refractivity contribution in [3.05, 3.63) is 30.1 Å². The van der Waals surface area contributed by atoms with E-state index in [1.807, 2.05) is 18.5 Å². The molecule has 2 fully saturated rings. The van der Waals surface area contributed by atoms with Crippen molar-refractivity contribution in [2.45, 2.75) is 50.1 Å². The minimum atomic E-state index is 0.429. The van der Waals surface area contributed by atoms with Gasteiger partial charge < -0.3 is 5.73 Å². The molecule has 2 atom stereocenters. The van der Waals surface area contributed by atoms with Crippen LogP contribution in [0.2, 0.25) is 0 Å². The lowest BCUT2D eigenvalue weighted by Gasteiger charge is -2.22. The monoisotopic (exact) mass is 243 g/mol. The third-order valence-electron chi connectivity index (χ3n) is 4.17. The molecule has 2 saturated carbocycles. The molecule has 0 saturated heterocycles. The molecule has 0 unspecified atom stereocenters. The molecule has 2 aliphatic carbocycles. The molecule has 3 rings (SSSR count). The van der Waals surface area contributed by atoms with Crippen molar-refractivity contribution in [3.63, 3.8) is 0 Å². The van der Waals surface area contributed by atoms with Crippen molar-refractivity contribution in [2.24, 2.45) is 16.6 Å². The number of nitrogens with zero attached hydrogens (tertiary/aromatic N) is 2. The predicted molar refractivity (Wildman–Crippen MR) is 73.8 cm³/mol. The highest BCUT2D eigenvalue weighted by molar-refractivity contribution is 5.61. The molecule has 0 radical (unpaired) electrons. The third-order valence-corrected chi connectivity index (χ3v) is 4.17. The van der Waals surface area contributed by atoms with Gasteiger partial charge in [0.2, 0.25) is 0 Å². The largest absolute Gasteiger partial charge is 0.328 e. The van der Waals surface area contributed by atoms with Gasteiger partial charge in [-0.2, -0.15) is 0 Å². The highest BCUT2D eigenvalue weighted by Gasteiger charge is 2.38. The minimum Gasteiger partial charge on any atom is -0.328 e. The number of aromatic nitrogens is 1. The van der Waals surface area contributed by atoms with Gasteiger partial charge in [-0.15, -0.1) is 0 Å². The molecule has 3 nitrogen and oxygen atoms in total. The van der Waals surface area contributed by atoms with E-state index in [9.17, 15) is 0 Å². The summed E-state index contributed by atoms with van der Waals surface area (Å²) in [4.78, 5) is 8.92. The van der Waals surface area contributed by atoms with Crippen LogP contribution in [0, 0.1) is 5.92 Å². The van der Waals surface area contributed by atoms with Crippen LogP contribution in [0.4, 0.5) is 0 Å². The number of nitrogens with two attached hydrogens (primary N) is 1. The topological polar surface area (TPSA) is 51.3 Å². The van der Waals surface area contributed by atoms with Gasteiger partial charge in [0, 0.05) is 30.6 Å². The number of pyridine rings is 1. The van der Waals surface area contributed by atoms with Crippen molar-refractivity contribution < 1.29 is 0 Å². The van der Waals surface area contributed by atoms with Crippen LogP contribution in [0.15, 0.2) is 29.5 Å². The van der Waals surface area contributed by atoms with Gasteiger partial charge in [-0.3, -0.25) is 9.98 Å². The van der Waals surface area contributed by atoms with E-state index in [-0.39, 0.29) is 0 Å². The molecule has 0 aliphatic heterocycles. The van der Waals surface area contributed by atoms with E-state index < -0.39 is 0 Å². The second-order valence-corrected chi connectivity index (χ2v) is 5.67. The van der Waals surface area contributed by atoms with E-state index in [1.54, 1.807) is 0 Å². The van der Waals surface area contributed by atoms with Gasteiger partial charge in [0.1, 0.15) is 0 Å². The van der Waals surface area contributed by atoms with Crippen LogP contribution < -0.4 is 5.73 Å². The Morgan fingerprint density at radius 1 is 1.28 bits per heavy atom. The number of rotatable bonds is 3. The first-order valence-corrected chi connectivity index (χ1v) is 7.01. The molecule has 0 aromatic carbocycles. The highest BCUT2D eigenvalue weighted by atomic mass is 14.9. The average molecular weight is 243 g/mol. The Bertz CT molecular complexity index is 407. The molecule has 0 bridgehead atoms. The average Bonchev–Trinajstić information content (AvgIpc) is 3.19. The SMILES string of the molecule is NC1CCC(C=N[C@H]2C[C@@H]2c2cccnc2)CC1. The van der Waals surface area contributed by atoms with E-state index in [1.165, 1.54) is 24.8 Å². The molecule has 96 valence electrons. The molecule has 0 amide bonds. The molecular formula is C15H21N3. The van der Waals surface area contributed by atoms with Crippen molar-refractivity contribution in [1.29, 1.82) is 0 Å². The van der Waals surface area contributed by atoms with Crippen molar-refractivity contribution in [2.75, 3.05) is 0 Å². The molecular weight excluding hydrogens is 222 g/mol. The van der Waals surface area contributed by atoms with Gasteiger partial charge in [-0.05, 0) is 49.7 Å². The fourth-order valence-electron chi connectivity index (χ4n) is 2.83. The molecule has 1 aromatic rings. The summed E-state index contributed by atoms with van der Waals surface area (Å²) in [5.41, 5.74) is 7.25. The molecule has 1 aromatic heterocycles. The summed E-state index contributed by atoms with van der Waals surface area (Å²) in [5.74, 6) is 1.28. The third kappa shape index (κ3) is 2.78. The van der Waals surface area contributed by atoms with Crippen LogP contribution in [0.3, 0.4) is 0 Å². The Kier molecular flexibility index (Phi) is 3.41. The van der Waals surface area contributed by atoms with E-state index in [4.69, 9.17) is 10.7 Å². The Morgan fingerprint density at radius 3 is 2.83 bits per heavy atom. The summed E-state index contributed by atoms with van der Waals surface area (Å²) < 4.78 is 0. The van der Waals surface area contributed by atoms with Crippen molar-refractivity contribution >= 4 is 6.21 Å². The zero-order chi connectivity index (χ0) is 12.4. The molecule has 2 N–H and O–H groups in total. The van der Waals surface area contributed by atoms with E-state index in [0.29, 0.717) is 23.9 Å². The van der Waals surface area contributed by atoms with Crippen LogP contribution in [0.1, 0.15) is 43.6 Å². The van der Waals surface area contributed by atoms with Crippen molar-refractivity contribution in [3.8, 4) is 0 Å². The molecule has 1 heterocycles. The molecule has 18 heavy (non-hydrogen) atoms. The van der Waals surface area contributed by atoms with Gasteiger partial charge in [-0.25, -0.2) is 0 Å². The van der Waals surface area contributed by atoms with E-state index in [2.05, 4.69) is 17.3 Å². The second kappa shape index (κ2) is 5.19. The lowest BCUT2D eigenvalue weighted by molar-refractivity contribution is 0.395. The Hall–Kier alpha value is -1.22. The summed E-state index contributed by atoms with van der Waals surface area (Å²) in [7, 11) is 0. The molecule has 0 spiro atoms. The maximum absolute atomic E-state index is 5.91. The minimum absolute atomic E-state index is 0.429. The molecule has 2 aliphatic rings. The van der Waals surface area contributed by atoms with Crippen molar-refractivity contribution in [1.82, 2.24) is 4.98 Å². The highest BCUT2D eigenvalue weighted by Crippen LogP contribution is 2.43. The zero-order valence-corrected chi connectivity index (χ0v) is 10.7. The van der Waals surface area contributed by atoms with Gasteiger partial charge in [0.05, 0.1) is 6.04 Å². The normalized spacial score (nSPS) is 35.8. The van der Waals surface area contributed by atoms with Gasteiger partial charge in [0.25, 0.3) is 0 Å². The fourth-order valence-corrected chi connectivity index (χ4v) is 2.83. The number of aliphatic imine (C=N–C) groups is 1. The lowest BCUT2D eigenvalue weighted by Crippen LogP contribution is -2.26. The zero-order valence-electron chi connectivity index (χ0n) is 10.7. The van der Waals surface area contributed by atoms with Gasteiger partial charge in [-0.1, -0.05) is 6.07 Å². The summed E-state index contributed by atoms with van der Waals surface area (Å²) >= 11 is 0. The first-order chi connectivity index (χ1) is 8.83. The quantitative estimate of drug-likeness (QED) is 0.829. The van der Waals surface area contributed by atoms with E-state index >= 15 is 0 Å². The molecule has 3 heteroatoms. The maximum atomic E-state index is 5.91. The predicted octanol–water partition coefficient (Wildman–Crippen LogP) is 2.53. The fraction of sp³-hybridized carbons (Fsp3) is 0.600. The van der Waals surface area contributed by atoms with Crippen LogP contribution in [-0.4, -0.2) is 23.3 Å². The second-order valence-electron chi connectivity index (χ2n) is 5.67. The first-order valence-electron chi connectivity index (χ1n) is 7.01. The summed E-state index contributed by atoms with van der Waals surface area (Å²) in [6.07, 6.45) is 11.9. The van der Waals surface area contributed by atoms with Crippen LogP contribution in [0.5, 0.6) is 0 Å². The standard InChI is InChI=1S/C15H21N3/c16-13-5-3-11(4-6-13)9-18-15-8-14(15)12-2-1-7-17-10-12/h1-2,7,9-11,13-15H,3-6,8,16H2/t11?,13?,14-,15+/m1/s1. The van der Waals surface area contributed by atoms with Crippen LogP contribution in [0.25, 0.3) is 0 Å². The van der Waals surface area contributed by atoms with Crippen LogP contribution >= 0.6 is 0 Å². The maximum Gasteiger partial charge on any atom is 0.0572 e. The summed E-state index contributed by atoms with van der Waals surface area (Å²) in [5, 5.41) is 0. The number of hydrogen-bond acceptors (Lipinski definition) is 3. The van der Waals surface area contributed by atoms with E-state index in [0.717, 1.165) is 12.8 Å². The smallest absolute Gasteiger partial charge is 0.0572 e. The Labute approximate surface area is 109 Å². The summed E-state index contributed by atoms with van der Waals surface area (Å²) in [6, 6.07) is 5.10. The van der Waals surface area contributed by atoms with Gasteiger partial charge >= 0.3 is 0 Å². The number of hydrogen-bond donors (Lipinski definition) is 1. The van der Waals surface area contributed by atoms with Crippen LogP contribution in [-0.2, 0) is 0 Å².